The summed E-state index contributed by atoms with van der Waals surface area (Å²) in [4.78, 5) is 0. The molecule has 22 heavy (non-hydrogen) atoms. The molecule has 5 rings (SSSR count). The van der Waals surface area contributed by atoms with E-state index in [0.717, 1.165) is 29.2 Å². The largest absolute Gasteiger partial charge is 0.492 e. The number of fused-ring (bicyclic) bond motifs is 6. The predicted octanol–water partition coefficient (Wildman–Crippen LogP) is 4.01. The summed E-state index contributed by atoms with van der Waals surface area (Å²) >= 11 is 0. The molecule has 3 nitrogen and oxygen atoms in total. The maximum atomic E-state index is 6.23. The molecule has 0 fully saturated rings. The average Bonchev–Trinajstić information content (AvgIpc) is 3.00. The van der Waals surface area contributed by atoms with Gasteiger partial charge in [-0.1, -0.05) is 18.2 Å². The summed E-state index contributed by atoms with van der Waals surface area (Å²) in [6, 6.07) is 12.6. The molecule has 0 radical (unpaired) electrons. The molecule has 2 aromatic rings. The summed E-state index contributed by atoms with van der Waals surface area (Å²) in [6.45, 7) is 4.91. The van der Waals surface area contributed by atoms with E-state index < -0.39 is 0 Å². The minimum atomic E-state index is -0.134. The molecule has 2 aromatic carbocycles. The number of rotatable bonds is 0. The monoisotopic (exact) mass is 294 g/mol. The van der Waals surface area contributed by atoms with Gasteiger partial charge in [0.25, 0.3) is 0 Å². The molecule has 0 spiro atoms. The number of ether oxygens (including phenoxy) is 3. The van der Waals surface area contributed by atoms with Gasteiger partial charge in [-0.15, -0.1) is 0 Å². The van der Waals surface area contributed by atoms with E-state index in [2.05, 4.69) is 32.0 Å². The molecule has 0 saturated heterocycles. The number of hydrogen-bond acceptors (Lipinski definition) is 3. The molecule has 3 heterocycles. The smallest absolute Gasteiger partial charge is 0.138 e. The van der Waals surface area contributed by atoms with Gasteiger partial charge in [0.15, 0.2) is 0 Å². The zero-order valence-electron chi connectivity index (χ0n) is 12.8. The van der Waals surface area contributed by atoms with Crippen molar-refractivity contribution in [1.82, 2.24) is 0 Å². The van der Waals surface area contributed by atoms with E-state index in [9.17, 15) is 0 Å². The lowest BCUT2D eigenvalue weighted by Crippen LogP contribution is -2.24. The first-order valence-corrected chi connectivity index (χ1v) is 7.85. The van der Waals surface area contributed by atoms with Crippen LogP contribution in [0.15, 0.2) is 36.4 Å². The first-order valence-electron chi connectivity index (χ1n) is 7.85. The van der Waals surface area contributed by atoms with Crippen LogP contribution in [0.4, 0.5) is 0 Å². The molecule has 0 aromatic heterocycles. The number of hydrogen-bond donors (Lipinski definition) is 0. The minimum absolute atomic E-state index is 0.0650. The minimum Gasteiger partial charge on any atom is -0.492 e. The highest BCUT2D eigenvalue weighted by molar-refractivity contribution is 5.54. The van der Waals surface area contributed by atoms with Crippen LogP contribution in [0, 0.1) is 0 Å². The maximum absolute atomic E-state index is 6.23. The van der Waals surface area contributed by atoms with E-state index in [1.165, 1.54) is 11.1 Å². The molecule has 0 aliphatic carbocycles. The van der Waals surface area contributed by atoms with Crippen LogP contribution in [0.5, 0.6) is 17.2 Å². The Balaban J connectivity index is 1.60. The Bertz CT molecular complexity index is 778. The van der Waals surface area contributed by atoms with Gasteiger partial charge in [-0.3, -0.25) is 0 Å². The summed E-state index contributed by atoms with van der Waals surface area (Å²) in [5, 5.41) is 0. The molecule has 3 heteroatoms. The Labute approximate surface area is 129 Å². The molecule has 2 atom stereocenters. The maximum Gasteiger partial charge on any atom is 0.138 e. The number of benzene rings is 2. The van der Waals surface area contributed by atoms with Gasteiger partial charge in [0.05, 0.1) is 12.5 Å². The van der Waals surface area contributed by atoms with E-state index in [4.69, 9.17) is 14.2 Å². The van der Waals surface area contributed by atoms with E-state index in [-0.39, 0.29) is 17.6 Å². The molecule has 3 aliphatic rings. The van der Waals surface area contributed by atoms with E-state index in [1.807, 2.05) is 18.2 Å². The highest BCUT2D eigenvalue weighted by Gasteiger charge is 2.42. The van der Waals surface area contributed by atoms with E-state index in [0.29, 0.717) is 6.61 Å². The van der Waals surface area contributed by atoms with Crippen molar-refractivity contribution in [2.75, 3.05) is 6.61 Å². The first-order chi connectivity index (χ1) is 10.6. The molecule has 0 N–H and O–H groups in total. The van der Waals surface area contributed by atoms with Gasteiger partial charge in [0.2, 0.25) is 0 Å². The zero-order valence-corrected chi connectivity index (χ0v) is 12.8. The standard InChI is InChI=1S/C19H18O3/c1-19(2)9-11-7-13-17(8-16(11)22-19)20-10-14-12-5-3-4-6-15(12)21-18(13)14/h3-8,14,18H,9-10H2,1-2H3. The lowest BCUT2D eigenvalue weighted by molar-refractivity contribution is 0.133. The van der Waals surface area contributed by atoms with Crippen molar-refractivity contribution < 1.29 is 14.2 Å². The number of para-hydroxylation sites is 1. The van der Waals surface area contributed by atoms with Gasteiger partial charge in [0.1, 0.15) is 29.0 Å². The van der Waals surface area contributed by atoms with Crippen LogP contribution < -0.4 is 14.2 Å². The third kappa shape index (κ3) is 1.62. The van der Waals surface area contributed by atoms with Gasteiger partial charge in [-0.05, 0) is 31.5 Å². The fourth-order valence-electron chi connectivity index (χ4n) is 3.91. The van der Waals surface area contributed by atoms with Crippen LogP contribution in [-0.2, 0) is 6.42 Å². The molecule has 0 bridgehead atoms. The van der Waals surface area contributed by atoms with E-state index >= 15 is 0 Å². The van der Waals surface area contributed by atoms with Crippen molar-refractivity contribution in [3.05, 3.63) is 53.1 Å². The second-order valence-corrected chi connectivity index (χ2v) is 7.03. The summed E-state index contributed by atoms with van der Waals surface area (Å²) in [6.07, 6.45) is 0.995. The van der Waals surface area contributed by atoms with Crippen molar-refractivity contribution in [2.24, 2.45) is 0 Å². The second kappa shape index (κ2) is 3.97. The lowest BCUT2D eigenvalue weighted by Gasteiger charge is -2.28. The Morgan fingerprint density at radius 1 is 1.00 bits per heavy atom. The van der Waals surface area contributed by atoms with Crippen molar-refractivity contribution >= 4 is 0 Å². The third-order valence-corrected chi connectivity index (χ3v) is 4.86. The highest BCUT2D eigenvalue weighted by Crippen LogP contribution is 2.52. The van der Waals surface area contributed by atoms with Gasteiger partial charge >= 0.3 is 0 Å². The molecule has 3 aliphatic heterocycles. The van der Waals surface area contributed by atoms with Gasteiger partial charge in [0, 0.05) is 23.6 Å². The topological polar surface area (TPSA) is 27.7 Å². The Morgan fingerprint density at radius 2 is 1.86 bits per heavy atom. The molecular weight excluding hydrogens is 276 g/mol. The SMILES string of the molecule is CC1(C)Cc2cc3c(cc2O1)OCC1c2ccccc2OC31. The zero-order chi connectivity index (χ0) is 14.9. The van der Waals surface area contributed by atoms with Crippen LogP contribution in [0.1, 0.15) is 42.6 Å². The summed E-state index contributed by atoms with van der Waals surface area (Å²) < 4.78 is 18.3. The van der Waals surface area contributed by atoms with Crippen molar-refractivity contribution in [3.63, 3.8) is 0 Å². The molecular formula is C19H18O3. The summed E-state index contributed by atoms with van der Waals surface area (Å²) in [5.41, 5.74) is 3.54. The molecule has 2 unspecified atom stereocenters. The van der Waals surface area contributed by atoms with Crippen LogP contribution in [-0.4, -0.2) is 12.2 Å². The molecule has 0 saturated carbocycles. The van der Waals surface area contributed by atoms with Crippen molar-refractivity contribution in [3.8, 4) is 17.2 Å². The quantitative estimate of drug-likeness (QED) is 0.735. The first kappa shape index (κ1) is 12.4. The van der Waals surface area contributed by atoms with Gasteiger partial charge < -0.3 is 14.2 Å². The molecule has 112 valence electrons. The van der Waals surface area contributed by atoms with E-state index in [1.54, 1.807) is 0 Å². The van der Waals surface area contributed by atoms with Crippen LogP contribution >= 0.6 is 0 Å². The Hall–Kier alpha value is -2.16. The predicted molar refractivity (Wildman–Crippen MR) is 82.9 cm³/mol. The lowest BCUT2D eigenvalue weighted by atomic mass is 9.88. The average molecular weight is 294 g/mol. The second-order valence-electron chi connectivity index (χ2n) is 7.03. The fraction of sp³-hybridized carbons (Fsp3) is 0.368. The summed E-state index contributed by atoms with van der Waals surface area (Å²) in [5.74, 6) is 3.14. The van der Waals surface area contributed by atoms with Crippen LogP contribution in [0.2, 0.25) is 0 Å². The normalized spacial score (nSPS) is 25.9. The van der Waals surface area contributed by atoms with Gasteiger partial charge in [-0.2, -0.15) is 0 Å². The van der Waals surface area contributed by atoms with Crippen molar-refractivity contribution in [1.29, 1.82) is 0 Å². The molecule has 0 amide bonds. The third-order valence-electron chi connectivity index (χ3n) is 4.86. The Kier molecular flexibility index (Phi) is 2.24. The summed E-state index contributed by atoms with van der Waals surface area (Å²) in [7, 11) is 0. The highest BCUT2D eigenvalue weighted by atomic mass is 16.5. The van der Waals surface area contributed by atoms with Crippen LogP contribution in [0.3, 0.4) is 0 Å². The fourth-order valence-corrected chi connectivity index (χ4v) is 3.91. The van der Waals surface area contributed by atoms with Crippen molar-refractivity contribution in [2.45, 2.75) is 37.9 Å². The van der Waals surface area contributed by atoms with Crippen LogP contribution in [0.25, 0.3) is 0 Å². The van der Waals surface area contributed by atoms with Gasteiger partial charge in [-0.25, -0.2) is 0 Å². The Morgan fingerprint density at radius 3 is 2.77 bits per heavy atom.